The number of sulfonamides is 1. The Hall–Kier alpha value is -1.15. The van der Waals surface area contributed by atoms with Crippen molar-refractivity contribution in [2.24, 2.45) is 5.73 Å². The van der Waals surface area contributed by atoms with Crippen molar-refractivity contribution in [1.82, 2.24) is 4.72 Å². The second-order valence-corrected chi connectivity index (χ2v) is 6.67. The molecule has 0 aliphatic heterocycles. The van der Waals surface area contributed by atoms with Crippen LogP contribution in [-0.2, 0) is 23.1 Å². The zero-order valence-corrected chi connectivity index (χ0v) is 12.4. The van der Waals surface area contributed by atoms with Crippen LogP contribution in [-0.4, -0.2) is 8.42 Å². The van der Waals surface area contributed by atoms with Crippen LogP contribution in [0.15, 0.2) is 26.1 Å². The summed E-state index contributed by atoms with van der Waals surface area (Å²) in [7, 11) is -3.61. The lowest BCUT2D eigenvalue weighted by Crippen LogP contribution is -2.24. The first kappa shape index (κ1) is 14.3. The predicted octanol–water partition coefficient (Wildman–Crippen LogP) is 1.90. The van der Waals surface area contributed by atoms with Gasteiger partial charge in [0.2, 0.25) is 10.0 Å². The number of hydrogen-bond acceptors (Lipinski definition) is 5. The van der Waals surface area contributed by atoms with Crippen molar-refractivity contribution in [1.29, 1.82) is 0 Å². The number of rotatable bonds is 5. The van der Waals surface area contributed by atoms with E-state index in [1.54, 1.807) is 13.8 Å². The van der Waals surface area contributed by atoms with Crippen LogP contribution < -0.4 is 10.5 Å². The van der Waals surface area contributed by atoms with E-state index in [1.165, 1.54) is 11.3 Å². The predicted molar refractivity (Wildman–Crippen MR) is 74.4 cm³/mol. The maximum Gasteiger partial charge on any atom is 0.244 e. The van der Waals surface area contributed by atoms with E-state index in [4.69, 9.17) is 10.2 Å². The fourth-order valence-corrected chi connectivity index (χ4v) is 4.08. The van der Waals surface area contributed by atoms with E-state index in [0.717, 1.165) is 5.56 Å². The summed E-state index contributed by atoms with van der Waals surface area (Å²) < 4.78 is 32.6. The highest BCUT2D eigenvalue weighted by atomic mass is 32.2. The number of furan rings is 1. The Bertz CT molecular complexity index is 657. The molecule has 0 unspecified atom stereocenters. The molecule has 2 aromatic rings. The zero-order valence-electron chi connectivity index (χ0n) is 10.8. The molecular formula is C12H16N2O3S2. The molecule has 0 aliphatic rings. The Balaban J connectivity index is 2.29. The van der Waals surface area contributed by atoms with Crippen LogP contribution in [0.5, 0.6) is 0 Å². The maximum atomic E-state index is 12.3. The van der Waals surface area contributed by atoms with Gasteiger partial charge in [-0.2, -0.15) is 11.3 Å². The average molecular weight is 300 g/mol. The monoisotopic (exact) mass is 300 g/mol. The maximum absolute atomic E-state index is 12.3. The van der Waals surface area contributed by atoms with E-state index >= 15 is 0 Å². The Morgan fingerprint density at radius 3 is 2.68 bits per heavy atom. The minimum Gasteiger partial charge on any atom is -0.465 e. The summed E-state index contributed by atoms with van der Waals surface area (Å²) in [6.07, 6.45) is 0. The standard InChI is InChI=1S/C12H16N2O3S2/c1-8-11(5-13)12(9(2)17-8)19(15,16)14-6-10-3-4-18-7-10/h3-4,7,14H,5-6,13H2,1-2H3. The van der Waals surface area contributed by atoms with Gasteiger partial charge in [-0.15, -0.1) is 0 Å². The van der Waals surface area contributed by atoms with Crippen molar-refractivity contribution in [3.8, 4) is 0 Å². The second-order valence-electron chi connectivity index (χ2n) is 4.18. The van der Waals surface area contributed by atoms with E-state index in [9.17, 15) is 8.42 Å². The Morgan fingerprint density at radius 2 is 2.11 bits per heavy atom. The summed E-state index contributed by atoms with van der Waals surface area (Å²) >= 11 is 1.53. The van der Waals surface area contributed by atoms with Gasteiger partial charge in [-0.3, -0.25) is 0 Å². The average Bonchev–Trinajstić information content (AvgIpc) is 2.94. The van der Waals surface area contributed by atoms with E-state index in [0.29, 0.717) is 17.1 Å². The van der Waals surface area contributed by atoms with Crippen LogP contribution in [0.25, 0.3) is 0 Å². The molecule has 19 heavy (non-hydrogen) atoms. The fraction of sp³-hybridized carbons (Fsp3) is 0.333. The lowest BCUT2D eigenvalue weighted by atomic mass is 10.2. The highest BCUT2D eigenvalue weighted by Gasteiger charge is 2.25. The number of hydrogen-bond donors (Lipinski definition) is 2. The minimum atomic E-state index is -3.61. The molecule has 104 valence electrons. The van der Waals surface area contributed by atoms with Crippen LogP contribution in [0.2, 0.25) is 0 Å². The van der Waals surface area contributed by atoms with Crippen molar-refractivity contribution in [3.63, 3.8) is 0 Å². The molecule has 2 rings (SSSR count). The quantitative estimate of drug-likeness (QED) is 0.883. The van der Waals surface area contributed by atoms with Crippen molar-refractivity contribution < 1.29 is 12.8 Å². The smallest absolute Gasteiger partial charge is 0.244 e. The molecule has 0 saturated heterocycles. The van der Waals surface area contributed by atoms with Gasteiger partial charge < -0.3 is 10.2 Å². The van der Waals surface area contributed by atoms with Crippen molar-refractivity contribution in [2.75, 3.05) is 0 Å². The molecule has 3 N–H and O–H groups in total. The molecular weight excluding hydrogens is 284 g/mol. The molecule has 0 aromatic carbocycles. The third kappa shape index (κ3) is 2.89. The lowest BCUT2D eigenvalue weighted by molar-refractivity contribution is 0.494. The SMILES string of the molecule is Cc1oc(C)c(S(=O)(=O)NCc2ccsc2)c1CN. The number of aryl methyl sites for hydroxylation is 2. The third-order valence-electron chi connectivity index (χ3n) is 2.84. The van der Waals surface area contributed by atoms with E-state index in [2.05, 4.69) is 4.72 Å². The summed E-state index contributed by atoms with van der Waals surface area (Å²) in [6.45, 7) is 3.75. The van der Waals surface area contributed by atoms with Crippen LogP contribution in [0.4, 0.5) is 0 Å². The highest BCUT2D eigenvalue weighted by Crippen LogP contribution is 2.26. The van der Waals surface area contributed by atoms with E-state index < -0.39 is 10.0 Å². The van der Waals surface area contributed by atoms with E-state index in [-0.39, 0.29) is 18.0 Å². The van der Waals surface area contributed by atoms with Gasteiger partial charge in [0.25, 0.3) is 0 Å². The number of nitrogens with two attached hydrogens (primary N) is 1. The molecule has 2 aromatic heterocycles. The lowest BCUT2D eigenvalue weighted by Gasteiger charge is -2.06. The third-order valence-corrected chi connectivity index (χ3v) is 5.17. The summed E-state index contributed by atoms with van der Waals surface area (Å²) in [5.74, 6) is 0.923. The molecule has 0 amide bonds. The van der Waals surface area contributed by atoms with Crippen LogP contribution in [0, 0.1) is 13.8 Å². The molecule has 0 aliphatic carbocycles. The molecule has 0 fully saturated rings. The normalized spacial score (nSPS) is 11.9. The molecule has 0 spiro atoms. The second kappa shape index (κ2) is 5.46. The van der Waals surface area contributed by atoms with Gasteiger partial charge in [0.05, 0.1) is 0 Å². The molecule has 0 atom stereocenters. The fourth-order valence-electron chi connectivity index (χ4n) is 1.94. The Kier molecular flexibility index (Phi) is 4.10. The molecule has 0 bridgehead atoms. The Morgan fingerprint density at radius 1 is 1.37 bits per heavy atom. The van der Waals surface area contributed by atoms with Gasteiger partial charge >= 0.3 is 0 Å². The highest BCUT2D eigenvalue weighted by molar-refractivity contribution is 7.89. The van der Waals surface area contributed by atoms with Gasteiger partial charge in [0.15, 0.2) is 0 Å². The first-order chi connectivity index (χ1) is 8.95. The number of nitrogens with one attached hydrogen (secondary N) is 1. The van der Waals surface area contributed by atoms with Gasteiger partial charge in [0, 0.05) is 18.7 Å². The summed E-state index contributed by atoms with van der Waals surface area (Å²) in [6, 6.07) is 1.88. The largest absolute Gasteiger partial charge is 0.465 e. The van der Waals surface area contributed by atoms with Gasteiger partial charge in [0.1, 0.15) is 16.4 Å². The molecule has 2 heterocycles. The molecule has 0 saturated carbocycles. The topological polar surface area (TPSA) is 85.3 Å². The molecule has 0 radical (unpaired) electrons. The van der Waals surface area contributed by atoms with Crippen molar-refractivity contribution in [2.45, 2.75) is 31.8 Å². The molecule has 5 nitrogen and oxygen atoms in total. The van der Waals surface area contributed by atoms with Crippen molar-refractivity contribution in [3.05, 3.63) is 39.5 Å². The van der Waals surface area contributed by atoms with Gasteiger partial charge in [-0.25, -0.2) is 13.1 Å². The van der Waals surface area contributed by atoms with Gasteiger partial charge in [-0.05, 0) is 36.2 Å². The van der Waals surface area contributed by atoms with Crippen LogP contribution >= 0.6 is 11.3 Å². The van der Waals surface area contributed by atoms with Crippen molar-refractivity contribution >= 4 is 21.4 Å². The zero-order chi connectivity index (χ0) is 14.0. The van der Waals surface area contributed by atoms with Crippen LogP contribution in [0.1, 0.15) is 22.6 Å². The Labute approximate surface area is 116 Å². The van der Waals surface area contributed by atoms with Crippen LogP contribution in [0.3, 0.4) is 0 Å². The first-order valence-electron chi connectivity index (χ1n) is 5.75. The molecule has 7 heteroatoms. The van der Waals surface area contributed by atoms with E-state index in [1.807, 2.05) is 16.8 Å². The van der Waals surface area contributed by atoms with Gasteiger partial charge in [-0.1, -0.05) is 0 Å². The summed E-state index contributed by atoms with van der Waals surface area (Å²) in [5.41, 5.74) is 7.07. The summed E-state index contributed by atoms with van der Waals surface area (Å²) in [5, 5.41) is 3.81. The summed E-state index contributed by atoms with van der Waals surface area (Å²) in [4.78, 5) is 0.169. The first-order valence-corrected chi connectivity index (χ1v) is 8.18. The minimum absolute atomic E-state index is 0.137. The number of thiophene rings is 1.